The summed E-state index contributed by atoms with van der Waals surface area (Å²) in [5.41, 5.74) is 9.14. The molecule has 8 heteroatoms. The predicted octanol–water partition coefficient (Wildman–Crippen LogP) is 3.47. The van der Waals surface area contributed by atoms with Crippen molar-refractivity contribution in [2.45, 2.75) is 6.42 Å². The molecule has 4 rings (SSSR count). The van der Waals surface area contributed by atoms with Crippen molar-refractivity contribution in [2.24, 2.45) is 0 Å². The van der Waals surface area contributed by atoms with Crippen molar-refractivity contribution in [2.75, 3.05) is 5.73 Å². The number of fused-ring (bicyclic) bond motifs is 1. The van der Waals surface area contributed by atoms with E-state index in [0.717, 1.165) is 11.1 Å². The van der Waals surface area contributed by atoms with Crippen molar-refractivity contribution in [1.29, 1.82) is 0 Å². The highest BCUT2D eigenvalue weighted by molar-refractivity contribution is 5.99. The number of carbonyl (C=O) groups is 1. The lowest BCUT2D eigenvalue weighted by molar-refractivity contribution is -0.384. The predicted molar refractivity (Wildman–Crippen MR) is 105 cm³/mol. The maximum absolute atomic E-state index is 12.7. The lowest BCUT2D eigenvalue weighted by Crippen LogP contribution is -2.15. The van der Waals surface area contributed by atoms with Gasteiger partial charge in [-0.1, -0.05) is 24.3 Å². The highest BCUT2D eigenvalue weighted by atomic mass is 16.6. The molecule has 0 bridgehead atoms. The van der Waals surface area contributed by atoms with Gasteiger partial charge in [0, 0.05) is 35.5 Å². The zero-order valence-corrected chi connectivity index (χ0v) is 14.6. The van der Waals surface area contributed by atoms with Crippen molar-refractivity contribution in [3.63, 3.8) is 0 Å². The maximum atomic E-state index is 12.7. The smallest absolute Gasteiger partial charge is 0.269 e. The standard InChI is InChI=1S/C20H15N5O3/c21-20-17-11-14(15-2-1-9-22-12-15)5-8-18(17)24(23-20)19(26)10-13-3-6-16(7-4-13)25(27)28/h1-9,11-12H,10H2,(H2,21,23). The first-order valence-corrected chi connectivity index (χ1v) is 8.48. The number of hydrogen-bond donors (Lipinski definition) is 1. The number of nitrogens with zero attached hydrogens (tertiary/aromatic N) is 4. The number of carbonyl (C=O) groups excluding carboxylic acids is 1. The van der Waals surface area contributed by atoms with Gasteiger partial charge in [0.25, 0.3) is 11.6 Å². The summed E-state index contributed by atoms with van der Waals surface area (Å²) in [5, 5.41) is 15.6. The Morgan fingerprint density at radius 1 is 1.11 bits per heavy atom. The van der Waals surface area contributed by atoms with Crippen LogP contribution in [0.3, 0.4) is 0 Å². The van der Waals surface area contributed by atoms with Gasteiger partial charge in [-0.05, 0) is 29.3 Å². The molecule has 28 heavy (non-hydrogen) atoms. The first kappa shape index (κ1) is 17.3. The van der Waals surface area contributed by atoms with Crippen molar-refractivity contribution >= 4 is 28.3 Å². The number of rotatable bonds is 4. The van der Waals surface area contributed by atoms with Crippen LogP contribution in [0.25, 0.3) is 22.0 Å². The Balaban J connectivity index is 1.65. The summed E-state index contributed by atoms with van der Waals surface area (Å²) in [5.74, 6) is -0.0116. The Hall–Kier alpha value is -4.07. The van der Waals surface area contributed by atoms with Gasteiger partial charge in [-0.25, -0.2) is 0 Å². The van der Waals surface area contributed by atoms with Crippen LogP contribution in [0.15, 0.2) is 67.0 Å². The molecule has 4 aromatic rings. The molecule has 0 fully saturated rings. The molecule has 0 spiro atoms. The van der Waals surface area contributed by atoms with Gasteiger partial charge >= 0.3 is 0 Å². The number of hydrogen-bond acceptors (Lipinski definition) is 6. The second-order valence-corrected chi connectivity index (χ2v) is 6.26. The first-order valence-electron chi connectivity index (χ1n) is 8.48. The van der Waals surface area contributed by atoms with Crippen molar-refractivity contribution < 1.29 is 9.72 Å². The van der Waals surface area contributed by atoms with Crippen LogP contribution in [0.2, 0.25) is 0 Å². The van der Waals surface area contributed by atoms with Crippen LogP contribution in [0, 0.1) is 10.1 Å². The van der Waals surface area contributed by atoms with Gasteiger partial charge in [0.2, 0.25) is 0 Å². The van der Waals surface area contributed by atoms with Crippen LogP contribution in [0.5, 0.6) is 0 Å². The van der Waals surface area contributed by atoms with Crippen molar-refractivity contribution in [1.82, 2.24) is 14.8 Å². The van der Waals surface area contributed by atoms with Gasteiger partial charge in [0.05, 0.1) is 16.9 Å². The second kappa shape index (κ2) is 6.92. The number of anilines is 1. The highest BCUT2D eigenvalue weighted by Crippen LogP contribution is 2.27. The number of non-ortho nitro benzene ring substituents is 1. The molecule has 138 valence electrons. The summed E-state index contributed by atoms with van der Waals surface area (Å²) >= 11 is 0. The van der Waals surface area contributed by atoms with E-state index in [1.807, 2.05) is 24.3 Å². The average Bonchev–Trinajstić information content (AvgIpc) is 3.05. The number of nitro benzene ring substituents is 1. The van der Waals surface area contributed by atoms with Gasteiger partial charge in [0.15, 0.2) is 5.82 Å². The summed E-state index contributed by atoms with van der Waals surface area (Å²) in [7, 11) is 0. The fraction of sp³-hybridized carbons (Fsp3) is 0.0500. The molecule has 8 nitrogen and oxygen atoms in total. The van der Waals surface area contributed by atoms with E-state index in [4.69, 9.17) is 5.73 Å². The number of nitrogen functional groups attached to an aromatic ring is 1. The third kappa shape index (κ3) is 3.18. The van der Waals surface area contributed by atoms with Gasteiger partial charge in [-0.2, -0.15) is 4.68 Å². The molecule has 0 saturated carbocycles. The van der Waals surface area contributed by atoms with Crippen molar-refractivity contribution in [3.05, 3.63) is 82.7 Å². The molecule has 2 N–H and O–H groups in total. The van der Waals surface area contributed by atoms with E-state index in [-0.39, 0.29) is 23.8 Å². The normalized spacial score (nSPS) is 10.9. The van der Waals surface area contributed by atoms with E-state index in [0.29, 0.717) is 16.5 Å². The molecule has 2 heterocycles. The van der Waals surface area contributed by atoms with Crippen LogP contribution in [0.4, 0.5) is 11.5 Å². The van der Waals surface area contributed by atoms with Gasteiger partial charge in [-0.15, -0.1) is 5.10 Å². The summed E-state index contributed by atoms with van der Waals surface area (Å²) in [6, 6.07) is 15.2. The van der Waals surface area contributed by atoms with Crippen LogP contribution < -0.4 is 5.73 Å². The fourth-order valence-electron chi connectivity index (χ4n) is 3.03. The first-order chi connectivity index (χ1) is 13.5. The Morgan fingerprint density at radius 2 is 1.89 bits per heavy atom. The number of aromatic nitrogens is 3. The molecule has 0 aliphatic heterocycles. The maximum Gasteiger partial charge on any atom is 0.269 e. The largest absolute Gasteiger partial charge is 0.382 e. The summed E-state index contributed by atoms with van der Waals surface area (Å²) in [6.45, 7) is 0. The molecule has 0 amide bonds. The number of benzene rings is 2. The summed E-state index contributed by atoms with van der Waals surface area (Å²) in [6.07, 6.45) is 3.51. The monoisotopic (exact) mass is 373 g/mol. The van der Waals surface area contributed by atoms with Crippen molar-refractivity contribution in [3.8, 4) is 11.1 Å². The third-order valence-electron chi connectivity index (χ3n) is 4.44. The molecule has 0 aliphatic carbocycles. The average molecular weight is 373 g/mol. The molecular weight excluding hydrogens is 358 g/mol. The van der Waals surface area contributed by atoms with Gasteiger partial charge < -0.3 is 5.73 Å². The molecular formula is C20H15N5O3. The summed E-state index contributed by atoms with van der Waals surface area (Å²) < 4.78 is 1.28. The molecule has 0 atom stereocenters. The van der Waals surface area contributed by atoms with E-state index >= 15 is 0 Å². The van der Waals surface area contributed by atoms with E-state index in [1.54, 1.807) is 30.6 Å². The van der Waals surface area contributed by atoms with Gasteiger partial charge in [0.1, 0.15) is 0 Å². The summed E-state index contributed by atoms with van der Waals surface area (Å²) in [4.78, 5) is 27.1. The zero-order chi connectivity index (χ0) is 19.7. The van der Waals surface area contributed by atoms with Crippen LogP contribution in [0.1, 0.15) is 10.4 Å². The molecule has 0 aliphatic rings. The minimum absolute atomic E-state index is 0.0205. The van der Waals surface area contributed by atoms with E-state index in [9.17, 15) is 14.9 Å². The Kier molecular flexibility index (Phi) is 4.29. The fourth-order valence-corrected chi connectivity index (χ4v) is 3.03. The molecule has 2 aromatic heterocycles. The third-order valence-corrected chi connectivity index (χ3v) is 4.44. The molecule has 0 radical (unpaired) electrons. The van der Waals surface area contributed by atoms with Gasteiger partial charge in [-0.3, -0.25) is 19.9 Å². The molecule has 0 saturated heterocycles. The number of nitrogens with two attached hydrogens (primary N) is 1. The Labute approximate surface area is 159 Å². The Bertz CT molecular complexity index is 1180. The lowest BCUT2D eigenvalue weighted by Gasteiger charge is -2.04. The van der Waals surface area contributed by atoms with Crippen LogP contribution in [-0.4, -0.2) is 25.6 Å². The Morgan fingerprint density at radius 3 is 2.57 bits per heavy atom. The quantitative estimate of drug-likeness (QED) is 0.432. The SMILES string of the molecule is Nc1nn(C(=O)Cc2ccc([N+](=O)[O-])cc2)c2ccc(-c3cccnc3)cc12. The highest BCUT2D eigenvalue weighted by Gasteiger charge is 2.16. The second-order valence-electron chi connectivity index (χ2n) is 6.26. The van der Waals surface area contributed by atoms with Crippen LogP contribution in [-0.2, 0) is 6.42 Å². The van der Waals surface area contributed by atoms with E-state index in [2.05, 4.69) is 10.1 Å². The van der Waals surface area contributed by atoms with Crippen LogP contribution >= 0.6 is 0 Å². The number of pyridine rings is 1. The molecule has 2 aromatic carbocycles. The minimum atomic E-state index is -0.479. The van der Waals surface area contributed by atoms with E-state index in [1.165, 1.54) is 16.8 Å². The lowest BCUT2D eigenvalue weighted by atomic mass is 10.1. The zero-order valence-electron chi connectivity index (χ0n) is 14.6. The minimum Gasteiger partial charge on any atom is -0.382 e. The van der Waals surface area contributed by atoms with E-state index < -0.39 is 4.92 Å². The topological polar surface area (TPSA) is 117 Å². The molecule has 0 unspecified atom stereocenters. The number of nitro groups is 1.